The van der Waals surface area contributed by atoms with Gasteiger partial charge < -0.3 is 0 Å². The maximum atomic E-state index is 5.33. The Balaban J connectivity index is 0.000000646. The Morgan fingerprint density at radius 1 is 0.967 bits per heavy atom. The summed E-state index contributed by atoms with van der Waals surface area (Å²) in [7, 11) is -1.08. The Labute approximate surface area is 201 Å². The first-order chi connectivity index (χ1) is 14.1. The van der Waals surface area contributed by atoms with Crippen LogP contribution in [0.3, 0.4) is 0 Å². The molecule has 1 aliphatic carbocycles. The molecule has 3 heteroatoms. The molecule has 2 rings (SSSR count). The van der Waals surface area contributed by atoms with Crippen LogP contribution in [0.1, 0.15) is 71.3 Å². The molecule has 164 valence electrons. The van der Waals surface area contributed by atoms with Crippen molar-refractivity contribution in [2.75, 3.05) is 18.5 Å². The third-order valence-electron chi connectivity index (χ3n) is 5.27. The summed E-state index contributed by atoms with van der Waals surface area (Å²) in [5.74, 6) is 0. The van der Waals surface area contributed by atoms with Crippen LogP contribution in [0.15, 0.2) is 78.2 Å². The standard InChI is InChI=1S/C17H32NP.C10H10.Ti/c1-4-7-14-19(15-8-5-2,16-9-6-3)18-17-12-10-11-13-17;1-3-9(2)10-7-5-4-6-8-10;/h10-12H,4-9,13-16H2,1-3H3;3-8H,1-2H2;. The van der Waals surface area contributed by atoms with Gasteiger partial charge in [0.15, 0.2) is 0 Å². The molecule has 0 atom stereocenters. The second kappa shape index (κ2) is 17.8. The SMILES string of the molecule is C=CC(=C)c1ccccc1.CCCCP(CCCC)(CCCC)=NC1=CC=CC1.[Ti]. The summed E-state index contributed by atoms with van der Waals surface area (Å²) < 4.78 is 5.33. The van der Waals surface area contributed by atoms with Gasteiger partial charge in [0.25, 0.3) is 0 Å². The number of rotatable bonds is 12. The minimum absolute atomic E-state index is 0. The Bertz CT molecular complexity index is 687. The monoisotopic (exact) mass is 459 g/mol. The quantitative estimate of drug-likeness (QED) is 0.168. The van der Waals surface area contributed by atoms with Crippen molar-refractivity contribution in [3.05, 3.63) is 79.1 Å². The van der Waals surface area contributed by atoms with Gasteiger partial charge in [-0.2, -0.15) is 0 Å². The Morgan fingerprint density at radius 2 is 1.50 bits per heavy atom. The molecule has 0 heterocycles. The fraction of sp³-hybridized carbons (Fsp3) is 0.481. The first-order valence-electron chi connectivity index (χ1n) is 11.4. The van der Waals surface area contributed by atoms with Crippen LogP contribution in [-0.4, -0.2) is 18.5 Å². The van der Waals surface area contributed by atoms with Crippen molar-refractivity contribution in [2.45, 2.75) is 65.7 Å². The van der Waals surface area contributed by atoms with Crippen LogP contribution in [0, 0.1) is 0 Å². The van der Waals surface area contributed by atoms with E-state index in [9.17, 15) is 0 Å². The number of unbranched alkanes of at least 4 members (excludes halogenated alkanes) is 3. The van der Waals surface area contributed by atoms with Crippen molar-refractivity contribution in [1.29, 1.82) is 0 Å². The van der Waals surface area contributed by atoms with Crippen LogP contribution in [0.4, 0.5) is 0 Å². The van der Waals surface area contributed by atoms with Crippen molar-refractivity contribution in [1.82, 2.24) is 0 Å². The molecule has 0 aromatic heterocycles. The first-order valence-corrected chi connectivity index (χ1v) is 13.7. The Morgan fingerprint density at radius 3 is 1.90 bits per heavy atom. The van der Waals surface area contributed by atoms with Gasteiger partial charge in [-0.15, -0.1) is 0 Å². The smallest absolute Gasteiger partial charge is 0.0425 e. The number of benzene rings is 1. The Hall–Kier alpha value is -0.876. The average Bonchev–Trinajstić information content (AvgIpc) is 3.28. The van der Waals surface area contributed by atoms with Gasteiger partial charge in [-0.3, -0.25) is 4.74 Å². The minimum atomic E-state index is -1.08. The molecule has 0 unspecified atom stereocenters. The van der Waals surface area contributed by atoms with E-state index in [2.05, 4.69) is 52.2 Å². The van der Waals surface area contributed by atoms with E-state index in [0.29, 0.717) is 0 Å². The van der Waals surface area contributed by atoms with Gasteiger partial charge in [0, 0.05) is 33.8 Å². The second-order valence-electron chi connectivity index (χ2n) is 7.81. The van der Waals surface area contributed by atoms with Crippen LogP contribution in [0.25, 0.3) is 5.57 Å². The molecule has 0 aliphatic heterocycles. The van der Waals surface area contributed by atoms with E-state index in [-0.39, 0.29) is 21.7 Å². The molecule has 0 spiro atoms. The number of allylic oxidation sites excluding steroid dienone is 5. The van der Waals surface area contributed by atoms with E-state index in [1.807, 2.05) is 30.3 Å². The van der Waals surface area contributed by atoms with Gasteiger partial charge >= 0.3 is 0 Å². The molecule has 1 aliphatic rings. The second-order valence-corrected chi connectivity index (χ2v) is 11.5. The summed E-state index contributed by atoms with van der Waals surface area (Å²) in [6, 6.07) is 10.0. The molecule has 1 nitrogen and oxygen atoms in total. The van der Waals surface area contributed by atoms with Gasteiger partial charge in [-0.25, -0.2) is 0 Å². The molecule has 0 fully saturated rings. The van der Waals surface area contributed by atoms with Crippen molar-refractivity contribution < 1.29 is 21.7 Å². The van der Waals surface area contributed by atoms with E-state index < -0.39 is 7.05 Å². The van der Waals surface area contributed by atoms with Crippen molar-refractivity contribution in [2.24, 2.45) is 4.74 Å². The van der Waals surface area contributed by atoms with Crippen LogP contribution in [-0.2, 0) is 21.7 Å². The molecule has 0 amide bonds. The summed E-state index contributed by atoms with van der Waals surface area (Å²) in [5.41, 5.74) is 3.47. The fourth-order valence-electron chi connectivity index (χ4n) is 3.40. The summed E-state index contributed by atoms with van der Waals surface area (Å²) in [6.45, 7) is 14.4. The van der Waals surface area contributed by atoms with Crippen LogP contribution in [0.5, 0.6) is 0 Å². The van der Waals surface area contributed by atoms with Crippen molar-refractivity contribution >= 4 is 12.6 Å². The molecule has 1 aromatic rings. The molecule has 0 N–H and O–H groups in total. The van der Waals surface area contributed by atoms with E-state index in [1.54, 1.807) is 6.08 Å². The largest absolute Gasteiger partial charge is 0.272 e. The predicted octanol–water partition coefficient (Wildman–Crippen LogP) is 9.31. The average molecular weight is 459 g/mol. The minimum Gasteiger partial charge on any atom is -0.272 e. The van der Waals surface area contributed by atoms with E-state index in [0.717, 1.165) is 17.6 Å². The number of hydrogen-bond acceptors (Lipinski definition) is 1. The molecular weight excluding hydrogens is 417 g/mol. The summed E-state index contributed by atoms with van der Waals surface area (Å²) in [5, 5.41) is 0. The maximum absolute atomic E-state index is 5.33. The summed E-state index contributed by atoms with van der Waals surface area (Å²) >= 11 is 0. The number of hydrogen-bond donors (Lipinski definition) is 0. The Kier molecular flexibility index (Phi) is 17.3. The molecular formula is C27H42NPTi. The maximum Gasteiger partial charge on any atom is 0.0425 e. The van der Waals surface area contributed by atoms with Crippen molar-refractivity contribution in [3.63, 3.8) is 0 Å². The van der Waals surface area contributed by atoms with Crippen LogP contribution < -0.4 is 0 Å². The third-order valence-corrected chi connectivity index (χ3v) is 9.39. The normalized spacial score (nSPS) is 12.3. The molecule has 0 saturated heterocycles. The van der Waals surface area contributed by atoms with Gasteiger partial charge in [-0.05, 0) is 62.0 Å². The number of nitrogens with zero attached hydrogens (tertiary/aromatic N) is 1. The third kappa shape index (κ3) is 11.5. The zero-order valence-electron chi connectivity index (χ0n) is 19.6. The first kappa shape index (κ1) is 29.1. The molecule has 0 radical (unpaired) electrons. The van der Waals surface area contributed by atoms with Crippen LogP contribution in [0.2, 0.25) is 0 Å². The van der Waals surface area contributed by atoms with Gasteiger partial charge in [-0.1, -0.05) is 102 Å². The predicted molar refractivity (Wildman–Crippen MR) is 136 cm³/mol. The molecule has 0 saturated carbocycles. The van der Waals surface area contributed by atoms with Crippen molar-refractivity contribution in [3.8, 4) is 0 Å². The fourth-order valence-corrected chi connectivity index (χ4v) is 7.77. The topological polar surface area (TPSA) is 12.4 Å². The van der Waals surface area contributed by atoms with E-state index in [1.165, 1.54) is 62.7 Å². The van der Waals surface area contributed by atoms with Gasteiger partial charge in [0.1, 0.15) is 0 Å². The zero-order valence-corrected chi connectivity index (χ0v) is 22.0. The molecule has 1 aromatic carbocycles. The zero-order chi connectivity index (χ0) is 21.4. The van der Waals surface area contributed by atoms with E-state index in [4.69, 9.17) is 4.74 Å². The molecule has 0 bridgehead atoms. The van der Waals surface area contributed by atoms with E-state index >= 15 is 0 Å². The molecule has 30 heavy (non-hydrogen) atoms. The summed E-state index contributed by atoms with van der Waals surface area (Å²) in [6.07, 6.45) is 21.7. The van der Waals surface area contributed by atoms with Gasteiger partial charge in [0.2, 0.25) is 0 Å². The van der Waals surface area contributed by atoms with Crippen LogP contribution >= 0.6 is 7.05 Å². The summed E-state index contributed by atoms with van der Waals surface area (Å²) in [4.78, 5) is 0. The van der Waals surface area contributed by atoms with Gasteiger partial charge in [0.05, 0.1) is 0 Å².